The third kappa shape index (κ3) is 3.38. The lowest BCUT2D eigenvalue weighted by molar-refractivity contribution is 0.0694. The number of carboxylic acids is 1. The highest BCUT2D eigenvalue weighted by atomic mass is 79.9. The van der Waals surface area contributed by atoms with Gasteiger partial charge in [0.05, 0.1) is 18.9 Å². The standard InChI is InChI=1S/C12H10BrNO3S/c13-10-4-2-1-3-8(10)5-17-6-9-7-18-11(14-9)12(15)16/h1-4,7H,5-6H2,(H,15,16). The minimum absolute atomic E-state index is 0.0921. The Kier molecular flexibility index (Phi) is 4.46. The fourth-order valence-electron chi connectivity index (χ4n) is 1.35. The molecule has 0 aliphatic rings. The molecule has 0 spiro atoms. The molecular weight excluding hydrogens is 318 g/mol. The predicted molar refractivity (Wildman–Crippen MR) is 71.7 cm³/mol. The van der Waals surface area contributed by atoms with Crippen LogP contribution in [-0.2, 0) is 18.0 Å². The van der Waals surface area contributed by atoms with Gasteiger partial charge in [-0.05, 0) is 11.6 Å². The van der Waals surface area contributed by atoms with Crippen LogP contribution in [0.5, 0.6) is 0 Å². The zero-order valence-electron chi connectivity index (χ0n) is 9.30. The van der Waals surface area contributed by atoms with Gasteiger partial charge in [0.25, 0.3) is 0 Å². The van der Waals surface area contributed by atoms with Gasteiger partial charge in [0.15, 0.2) is 0 Å². The zero-order valence-corrected chi connectivity index (χ0v) is 11.7. The molecule has 94 valence electrons. The van der Waals surface area contributed by atoms with Crippen LogP contribution in [0.2, 0.25) is 0 Å². The lowest BCUT2D eigenvalue weighted by Crippen LogP contribution is -1.98. The number of halogens is 1. The maximum absolute atomic E-state index is 10.7. The molecule has 0 amide bonds. The summed E-state index contributed by atoms with van der Waals surface area (Å²) in [6.07, 6.45) is 0. The Morgan fingerprint density at radius 2 is 2.17 bits per heavy atom. The van der Waals surface area contributed by atoms with Crippen LogP contribution < -0.4 is 0 Å². The third-order valence-electron chi connectivity index (χ3n) is 2.20. The monoisotopic (exact) mass is 327 g/mol. The summed E-state index contributed by atoms with van der Waals surface area (Å²) in [5.41, 5.74) is 1.69. The molecule has 0 saturated carbocycles. The fourth-order valence-corrected chi connectivity index (χ4v) is 2.39. The van der Waals surface area contributed by atoms with E-state index >= 15 is 0 Å². The average Bonchev–Trinajstić information content (AvgIpc) is 2.80. The number of benzene rings is 1. The average molecular weight is 328 g/mol. The number of ether oxygens (including phenoxy) is 1. The molecule has 0 aliphatic heterocycles. The van der Waals surface area contributed by atoms with Gasteiger partial charge in [0.2, 0.25) is 5.01 Å². The van der Waals surface area contributed by atoms with Gasteiger partial charge >= 0.3 is 5.97 Å². The molecule has 2 aromatic rings. The van der Waals surface area contributed by atoms with Crippen molar-refractivity contribution in [2.75, 3.05) is 0 Å². The quantitative estimate of drug-likeness (QED) is 0.915. The van der Waals surface area contributed by atoms with E-state index in [9.17, 15) is 4.79 Å². The molecule has 4 nitrogen and oxygen atoms in total. The molecule has 0 unspecified atom stereocenters. The van der Waals surface area contributed by atoms with Crippen LogP contribution >= 0.6 is 27.3 Å². The van der Waals surface area contributed by atoms with Crippen LogP contribution in [0.25, 0.3) is 0 Å². The van der Waals surface area contributed by atoms with Crippen molar-refractivity contribution in [3.8, 4) is 0 Å². The van der Waals surface area contributed by atoms with Gasteiger partial charge in [-0.3, -0.25) is 0 Å². The van der Waals surface area contributed by atoms with Crippen molar-refractivity contribution in [1.82, 2.24) is 4.98 Å². The van der Waals surface area contributed by atoms with Gasteiger partial charge in [-0.1, -0.05) is 34.1 Å². The molecule has 1 N–H and O–H groups in total. The lowest BCUT2D eigenvalue weighted by Gasteiger charge is -2.04. The molecular formula is C12H10BrNO3S. The Morgan fingerprint density at radius 3 is 2.83 bits per heavy atom. The molecule has 0 bridgehead atoms. The van der Waals surface area contributed by atoms with E-state index in [0.717, 1.165) is 21.4 Å². The molecule has 0 fully saturated rings. The SMILES string of the molecule is O=C(O)c1nc(COCc2ccccc2Br)cs1. The van der Waals surface area contributed by atoms with Crippen molar-refractivity contribution in [2.45, 2.75) is 13.2 Å². The summed E-state index contributed by atoms with van der Waals surface area (Å²) in [5.74, 6) is -1.00. The van der Waals surface area contributed by atoms with Crippen molar-refractivity contribution >= 4 is 33.2 Å². The summed E-state index contributed by atoms with van der Waals surface area (Å²) in [6, 6.07) is 7.79. The molecule has 1 aromatic heterocycles. The van der Waals surface area contributed by atoms with Crippen molar-refractivity contribution < 1.29 is 14.6 Å². The second kappa shape index (κ2) is 6.08. The highest BCUT2D eigenvalue weighted by Crippen LogP contribution is 2.17. The number of carboxylic acid groups (broad SMARTS) is 1. The van der Waals surface area contributed by atoms with Gasteiger partial charge in [0.1, 0.15) is 0 Å². The van der Waals surface area contributed by atoms with Gasteiger partial charge in [-0.25, -0.2) is 9.78 Å². The maximum Gasteiger partial charge on any atom is 0.365 e. The first-order valence-electron chi connectivity index (χ1n) is 5.15. The van der Waals surface area contributed by atoms with Crippen LogP contribution in [0.3, 0.4) is 0 Å². The summed E-state index contributed by atoms with van der Waals surface area (Å²) >= 11 is 4.54. The van der Waals surface area contributed by atoms with E-state index in [1.54, 1.807) is 5.38 Å². The van der Waals surface area contributed by atoms with E-state index in [1.165, 1.54) is 0 Å². The molecule has 1 heterocycles. The summed E-state index contributed by atoms with van der Waals surface area (Å²) in [7, 11) is 0. The molecule has 0 radical (unpaired) electrons. The van der Waals surface area contributed by atoms with E-state index in [0.29, 0.717) is 18.9 Å². The molecule has 2 rings (SSSR count). The van der Waals surface area contributed by atoms with Crippen LogP contribution in [0.1, 0.15) is 21.1 Å². The molecule has 18 heavy (non-hydrogen) atoms. The van der Waals surface area contributed by atoms with E-state index in [1.807, 2.05) is 24.3 Å². The number of nitrogens with zero attached hydrogens (tertiary/aromatic N) is 1. The minimum atomic E-state index is -1.00. The number of aromatic carboxylic acids is 1. The number of carbonyl (C=O) groups is 1. The van der Waals surface area contributed by atoms with E-state index in [4.69, 9.17) is 9.84 Å². The molecule has 0 saturated heterocycles. The van der Waals surface area contributed by atoms with E-state index in [-0.39, 0.29) is 5.01 Å². The first-order chi connectivity index (χ1) is 8.66. The van der Waals surface area contributed by atoms with Gasteiger partial charge in [-0.2, -0.15) is 0 Å². The minimum Gasteiger partial charge on any atom is -0.476 e. The number of rotatable bonds is 5. The number of hydrogen-bond acceptors (Lipinski definition) is 4. The Hall–Kier alpha value is -1.24. The maximum atomic E-state index is 10.7. The highest BCUT2D eigenvalue weighted by molar-refractivity contribution is 9.10. The Bertz CT molecular complexity index is 556. The molecule has 6 heteroatoms. The second-order valence-electron chi connectivity index (χ2n) is 3.53. The fraction of sp³-hybridized carbons (Fsp3) is 0.167. The van der Waals surface area contributed by atoms with Crippen LogP contribution in [0.4, 0.5) is 0 Å². The largest absolute Gasteiger partial charge is 0.476 e. The van der Waals surface area contributed by atoms with Crippen molar-refractivity contribution in [3.63, 3.8) is 0 Å². The van der Waals surface area contributed by atoms with E-state index in [2.05, 4.69) is 20.9 Å². The number of aromatic nitrogens is 1. The molecule has 0 aliphatic carbocycles. The van der Waals surface area contributed by atoms with Crippen LogP contribution in [-0.4, -0.2) is 16.1 Å². The highest BCUT2D eigenvalue weighted by Gasteiger charge is 2.08. The van der Waals surface area contributed by atoms with Gasteiger partial charge < -0.3 is 9.84 Å². The van der Waals surface area contributed by atoms with Gasteiger partial charge in [-0.15, -0.1) is 11.3 Å². The Labute approximate surface area is 116 Å². The first-order valence-corrected chi connectivity index (χ1v) is 6.83. The smallest absolute Gasteiger partial charge is 0.365 e. The summed E-state index contributed by atoms with van der Waals surface area (Å²) in [5, 5.41) is 10.5. The van der Waals surface area contributed by atoms with Gasteiger partial charge in [0, 0.05) is 9.85 Å². The Morgan fingerprint density at radius 1 is 1.39 bits per heavy atom. The van der Waals surface area contributed by atoms with Crippen LogP contribution in [0.15, 0.2) is 34.1 Å². The van der Waals surface area contributed by atoms with Crippen molar-refractivity contribution in [2.24, 2.45) is 0 Å². The molecule has 0 atom stereocenters. The molecule has 1 aromatic carbocycles. The third-order valence-corrected chi connectivity index (χ3v) is 3.85. The normalized spacial score (nSPS) is 10.5. The Balaban J connectivity index is 1.88. The second-order valence-corrected chi connectivity index (χ2v) is 5.25. The number of hydrogen-bond donors (Lipinski definition) is 1. The van der Waals surface area contributed by atoms with Crippen molar-refractivity contribution in [1.29, 1.82) is 0 Å². The predicted octanol–water partition coefficient (Wildman–Crippen LogP) is 3.32. The van der Waals surface area contributed by atoms with Crippen molar-refractivity contribution in [3.05, 3.63) is 50.4 Å². The lowest BCUT2D eigenvalue weighted by atomic mass is 10.2. The zero-order chi connectivity index (χ0) is 13.0. The number of thiazole rings is 1. The first kappa shape index (κ1) is 13.2. The topological polar surface area (TPSA) is 59.4 Å². The summed E-state index contributed by atoms with van der Waals surface area (Å²) < 4.78 is 6.50. The summed E-state index contributed by atoms with van der Waals surface area (Å²) in [6.45, 7) is 0.770. The van der Waals surface area contributed by atoms with E-state index < -0.39 is 5.97 Å². The summed E-state index contributed by atoms with van der Waals surface area (Å²) in [4.78, 5) is 14.6. The van der Waals surface area contributed by atoms with Crippen LogP contribution in [0, 0.1) is 0 Å².